The Labute approximate surface area is 203 Å². The van der Waals surface area contributed by atoms with E-state index in [9.17, 15) is 4.39 Å². The summed E-state index contributed by atoms with van der Waals surface area (Å²) >= 11 is 0. The standard InChI is InChI=1S/C32H21FN2/c33-25-15-9-14-24(20-25)26-18-19-29(28-17-8-7-16-27(26)28)31-21-30(22-10-3-1-4-11-22)34-32(35-31)23-12-5-2-6-13-23/h1-21H. The highest BCUT2D eigenvalue weighted by Gasteiger charge is 2.14. The van der Waals surface area contributed by atoms with E-state index < -0.39 is 0 Å². The monoisotopic (exact) mass is 452 g/mol. The van der Waals surface area contributed by atoms with Gasteiger partial charge in [-0.25, -0.2) is 14.4 Å². The summed E-state index contributed by atoms with van der Waals surface area (Å²) in [6.45, 7) is 0. The van der Waals surface area contributed by atoms with Crippen molar-refractivity contribution in [1.82, 2.24) is 9.97 Å². The minimum Gasteiger partial charge on any atom is -0.228 e. The Morgan fingerprint density at radius 1 is 0.429 bits per heavy atom. The third kappa shape index (κ3) is 4.09. The highest BCUT2D eigenvalue weighted by Crippen LogP contribution is 2.36. The van der Waals surface area contributed by atoms with E-state index in [1.54, 1.807) is 12.1 Å². The molecule has 1 heterocycles. The molecule has 3 heteroatoms. The van der Waals surface area contributed by atoms with Gasteiger partial charge in [0.2, 0.25) is 0 Å². The first kappa shape index (κ1) is 20.9. The van der Waals surface area contributed by atoms with Crippen molar-refractivity contribution in [3.8, 4) is 45.0 Å². The van der Waals surface area contributed by atoms with Gasteiger partial charge in [0.25, 0.3) is 0 Å². The Hall–Kier alpha value is -4.63. The van der Waals surface area contributed by atoms with Gasteiger partial charge in [-0.15, -0.1) is 0 Å². The first-order chi connectivity index (χ1) is 17.3. The average Bonchev–Trinajstić information content (AvgIpc) is 2.93. The summed E-state index contributed by atoms with van der Waals surface area (Å²) in [5.41, 5.74) is 6.57. The van der Waals surface area contributed by atoms with E-state index in [2.05, 4.69) is 36.4 Å². The van der Waals surface area contributed by atoms with Gasteiger partial charge in [0.05, 0.1) is 11.4 Å². The second-order valence-electron chi connectivity index (χ2n) is 8.41. The minimum atomic E-state index is -0.244. The number of hydrogen-bond donors (Lipinski definition) is 0. The lowest BCUT2D eigenvalue weighted by Crippen LogP contribution is -1.96. The van der Waals surface area contributed by atoms with Gasteiger partial charge in [0.1, 0.15) is 5.82 Å². The smallest absolute Gasteiger partial charge is 0.160 e. The summed E-state index contributed by atoms with van der Waals surface area (Å²) < 4.78 is 14.0. The molecule has 0 aliphatic rings. The SMILES string of the molecule is Fc1cccc(-c2ccc(-c3cc(-c4ccccc4)nc(-c4ccccc4)n3)c3ccccc23)c1. The molecule has 1 aromatic heterocycles. The fourth-order valence-corrected chi connectivity index (χ4v) is 4.49. The molecule has 0 spiro atoms. The van der Waals surface area contributed by atoms with E-state index in [-0.39, 0.29) is 5.82 Å². The molecule has 0 aliphatic heterocycles. The van der Waals surface area contributed by atoms with Crippen LogP contribution in [0.5, 0.6) is 0 Å². The number of hydrogen-bond acceptors (Lipinski definition) is 2. The molecule has 2 nitrogen and oxygen atoms in total. The molecule has 0 amide bonds. The van der Waals surface area contributed by atoms with E-state index in [0.717, 1.165) is 50.0 Å². The summed E-state index contributed by atoms with van der Waals surface area (Å²) in [4.78, 5) is 9.90. The molecule has 6 rings (SSSR count). The lowest BCUT2D eigenvalue weighted by molar-refractivity contribution is 0.628. The van der Waals surface area contributed by atoms with E-state index >= 15 is 0 Å². The van der Waals surface area contributed by atoms with Gasteiger partial charge < -0.3 is 0 Å². The predicted octanol–water partition coefficient (Wildman–Crippen LogP) is 8.44. The molecule has 0 aliphatic carbocycles. The Bertz CT molecular complexity index is 1590. The molecule has 5 aromatic carbocycles. The molecule has 0 atom stereocenters. The molecule has 6 aromatic rings. The molecule has 0 saturated carbocycles. The van der Waals surface area contributed by atoms with Crippen LogP contribution in [0.4, 0.5) is 4.39 Å². The highest BCUT2D eigenvalue weighted by molar-refractivity contribution is 6.04. The average molecular weight is 453 g/mol. The second-order valence-corrected chi connectivity index (χ2v) is 8.41. The van der Waals surface area contributed by atoms with Gasteiger partial charge in [-0.2, -0.15) is 0 Å². The number of aromatic nitrogens is 2. The lowest BCUT2D eigenvalue weighted by atomic mass is 9.93. The highest BCUT2D eigenvalue weighted by atomic mass is 19.1. The van der Waals surface area contributed by atoms with Crippen molar-refractivity contribution < 1.29 is 4.39 Å². The largest absolute Gasteiger partial charge is 0.228 e. The number of fused-ring (bicyclic) bond motifs is 1. The van der Waals surface area contributed by atoms with Crippen LogP contribution in [-0.4, -0.2) is 9.97 Å². The Morgan fingerprint density at radius 2 is 1.00 bits per heavy atom. The Morgan fingerprint density at radius 3 is 1.71 bits per heavy atom. The molecule has 0 fully saturated rings. The maximum atomic E-state index is 14.0. The van der Waals surface area contributed by atoms with Gasteiger partial charge in [0.15, 0.2) is 5.82 Å². The molecular formula is C32H21FN2. The van der Waals surface area contributed by atoms with Crippen LogP contribution >= 0.6 is 0 Å². The molecule has 0 radical (unpaired) electrons. The van der Waals surface area contributed by atoms with E-state index in [0.29, 0.717) is 5.82 Å². The maximum absolute atomic E-state index is 14.0. The van der Waals surface area contributed by atoms with Crippen LogP contribution in [0.25, 0.3) is 55.8 Å². The lowest BCUT2D eigenvalue weighted by Gasteiger charge is -2.14. The normalized spacial score (nSPS) is 11.0. The van der Waals surface area contributed by atoms with Crippen LogP contribution in [-0.2, 0) is 0 Å². The van der Waals surface area contributed by atoms with Crippen molar-refractivity contribution in [2.75, 3.05) is 0 Å². The second kappa shape index (κ2) is 8.96. The predicted molar refractivity (Wildman–Crippen MR) is 141 cm³/mol. The molecule has 166 valence electrons. The van der Waals surface area contributed by atoms with Crippen LogP contribution in [0.2, 0.25) is 0 Å². The fourth-order valence-electron chi connectivity index (χ4n) is 4.49. The van der Waals surface area contributed by atoms with E-state index in [1.165, 1.54) is 6.07 Å². The van der Waals surface area contributed by atoms with E-state index in [1.807, 2.05) is 72.8 Å². The van der Waals surface area contributed by atoms with Crippen LogP contribution in [0.1, 0.15) is 0 Å². The molecule has 35 heavy (non-hydrogen) atoms. The Balaban J connectivity index is 1.59. The van der Waals surface area contributed by atoms with Crippen molar-refractivity contribution in [3.05, 3.63) is 133 Å². The van der Waals surface area contributed by atoms with Crippen LogP contribution in [0.15, 0.2) is 127 Å². The van der Waals surface area contributed by atoms with Crippen molar-refractivity contribution in [2.24, 2.45) is 0 Å². The fraction of sp³-hybridized carbons (Fsp3) is 0. The van der Waals surface area contributed by atoms with Crippen LogP contribution in [0.3, 0.4) is 0 Å². The van der Waals surface area contributed by atoms with Gasteiger partial charge in [-0.3, -0.25) is 0 Å². The van der Waals surface area contributed by atoms with Gasteiger partial charge in [-0.05, 0) is 40.1 Å². The van der Waals surface area contributed by atoms with Gasteiger partial charge in [-0.1, -0.05) is 109 Å². The minimum absolute atomic E-state index is 0.244. The number of nitrogens with zero attached hydrogens (tertiary/aromatic N) is 2. The summed E-state index contributed by atoms with van der Waals surface area (Å²) in [6, 6.07) is 41.3. The molecular weight excluding hydrogens is 431 g/mol. The quantitative estimate of drug-likeness (QED) is 0.268. The summed E-state index contributed by atoms with van der Waals surface area (Å²) in [6.07, 6.45) is 0. The Kier molecular flexibility index (Phi) is 5.36. The maximum Gasteiger partial charge on any atom is 0.160 e. The number of halogens is 1. The topological polar surface area (TPSA) is 25.8 Å². The summed E-state index contributed by atoms with van der Waals surface area (Å²) in [7, 11) is 0. The summed E-state index contributed by atoms with van der Waals surface area (Å²) in [5.74, 6) is 0.437. The van der Waals surface area contributed by atoms with Crippen molar-refractivity contribution in [2.45, 2.75) is 0 Å². The summed E-state index contributed by atoms with van der Waals surface area (Å²) in [5, 5.41) is 2.11. The zero-order valence-corrected chi connectivity index (χ0v) is 18.9. The zero-order chi connectivity index (χ0) is 23.6. The van der Waals surface area contributed by atoms with Crippen LogP contribution in [0, 0.1) is 5.82 Å². The third-order valence-electron chi connectivity index (χ3n) is 6.16. The van der Waals surface area contributed by atoms with Crippen molar-refractivity contribution >= 4 is 10.8 Å². The first-order valence-corrected chi connectivity index (χ1v) is 11.5. The molecule has 0 unspecified atom stereocenters. The van der Waals surface area contributed by atoms with Crippen molar-refractivity contribution in [3.63, 3.8) is 0 Å². The number of benzene rings is 5. The third-order valence-corrected chi connectivity index (χ3v) is 6.16. The van der Waals surface area contributed by atoms with Crippen LogP contribution < -0.4 is 0 Å². The molecule has 0 bridgehead atoms. The van der Waals surface area contributed by atoms with Crippen molar-refractivity contribution in [1.29, 1.82) is 0 Å². The molecule has 0 saturated heterocycles. The number of rotatable bonds is 4. The van der Waals surface area contributed by atoms with Gasteiger partial charge in [0, 0.05) is 16.7 Å². The molecule has 0 N–H and O–H groups in total. The zero-order valence-electron chi connectivity index (χ0n) is 18.9. The first-order valence-electron chi connectivity index (χ1n) is 11.5. The van der Waals surface area contributed by atoms with Gasteiger partial charge >= 0.3 is 0 Å². The van der Waals surface area contributed by atoms with E-state index in [4.69, 9.17) is 9.97 Å².